The molecule has 0 saturated heterocycles. The topological polar surface area (TPSA) is 70.2 Å². The molecule has 2 amide bonds. The molecule has 0 spiro atoms. The summed E-state index contributed by atoms with van der Waals surface area (Å²) in [5.74, 6) is -0.350. The number of carbonyl (C=O) groups excluding carboxylic acids is 2. The minimum Gasteiger partial charge on any atom is -0.347 e. The molecule has 1 aromatic carbocycles. The van der Waals surface area contributed by atoms with Crippen LogP contribution < -0.4 is 16.0 Å². The molecule has 2 aromatic rings. The van der Waals surface area contributed by atoms with E-state index in [1.54, 1.807) is 29.5 Å². The van der Waals surface area contributed by atoms with Crippen LogP contribution in [0.15, 0.2) is 35.7 Å². The second-order valence-electron chi connectivity index (χ2n) is 5.21. The summed E-state index contributed by atoms with van der Waals surface area (Å²) >= 11 is 7.69. The molecular weight excluding hydrogens is 381 g/mol. The van der Waals surface area contributed by atoms with Crippen LogP contribution in [0, 0.1) is 0 Å². The monoisotopic (exact) mass is 401 g/mol. The van der Waals surface area contributed by atoms with Gasteiger partial charge >= 0.3 is 0 Å². The molecule has 3 N–H and O–H groups in total. The lowest BCUT2D eigenvalue weighted by atomic mass is 10.1. The Balaban J connectivity index is 0.00000312. The Kier molecular flexibility index (Phi) is 9.52. The highest BCUT2D eigenvalue weighted by molar-refractivity contribution is 7.09. The number of benzene rings is 1. The molecule has 0 fully saturated rings. The molecule has 0 aliphatic heterocycles. The molecule has 0 aliphatic rings. The van der Waals surface area contributed by atoms with Crippen molar-refractivity contribution in [2.75, 3.05) is 18.9 Å². The standard InChI is InChI=1S/C17H20ClN3O2S.ClH/c1-19-8-2-5-16(22)21-12-6-7-15(18)14(10-12)17(23)20-11-13-4-3-9-24-13;/h3-4,6-7,9-10,19H,2,5,8,11H2,1H3,(H,20,23)(H,21,22);1H. The molecular formula is C17H21Cl2N3O2S. The van der Waals surface area contributed by atoms with Crippen LogP contribution in [0.4, 0.5) is 5.69 Å². The van der Waals surface area contributed by atoms with Crippen molar-refractivity contribution in [1.29, 1.82) is 0 Å². The zero-order valence-corrected chi connectivity index (χ0v) is 16.2. The van der Waals surface area contributed by atoms with Crippen LogP contribution in [0.3, 0.4) is 0 Å². The van der Waals surface area contributed by atoms with E-state index in [4.69, 9.17) is 11.6 Å². The van der Waals surface area contributed by atoms with E-state index in [-0.39, 0.29) is 24.2 Å². The van der Waals surface area contributed by atoms with Gasteiger partial charge in [0.25, 0.3) is 5.91 Å². The van der Waals surface area contributed by atoms with Crippen molar-refractivity contribution in [1.82, 2.24) is 10.6 Å². The Labute approximate surface area is 162 Å². The van der Waals surface area contributed by atoms with E-state index in [1.807, 2.05) is 24.6 Å². The first-order chi connectivity index (χ1) is 11.6. The first-order valence-corrected chi connectivity index (χ1v) is 8.90. The second kappa shape index (κ2) is 11.1. The van der Waals surface area contributed by atoms with Gasteiger partial charge in [-0.1, -0.05) is 17.7 Å². The van der Waals surface area contributed by atoms with E-state index < -0.39 is 0 Å². The molecule has 5 nitrogen and oxygen atoms in total. The lowest BCUT2D eigenvalue weighted by Gasteiger charge is -2.10. The average molecular weight is 402 g/mol. The fourth-order valence-corrected chi connectivity index (χ4v) is 2.95. The van der Waals surface area contributed by atoms with Gasteiger partial charge in [0, 0.05) is 17.0 Å². The number of hydrogen-bond acceptors (Lipinski definition) is 4. The summed E-state index contributed by atoms with van der Waals surface area (Å²) < 4.78 is 0. The van der Waals surface area contributed by atoms with Gasteiger partial charge in [-0.15, -0.1) is 23.7 Å². The van der Waals surface area contributed by atoms with Gasteiger partial charge in [-0.3, -0.25) is 9.59 Å². The van der Waals surface area contributed by atoms with Crippen molar-refractivity contribution in [3.05, 3.63) is 51.2 Å². The normalized spacial score (nSPS) is 10.0. The minimum absolute atomic E-state index is 0. The summed E-state index contributed by atoms with van der Waals surface area (Å²) in [6, 6.07) is 8.79. The Hall–Kier alpha value is -1.60. The van der Waals surface area contributed by atoms with Crippen molar-refractivity contribution < 1.29 is 9.59 Å². The van der Waals surface area contributed by atoms with E-state index in [1.165, 1.54) is 0 Å². The number of thiophene rings is 1. The quantitative estimate of drug-likeness (QED) is 0.590. The van der Waals surface area contributed by atoms with E-state index in [2.05, 4.69) is 16.0 Å². The van der Waals surface area contributed by atoms with Crippen LogP contribution in [0.1, 0.15) is 28.1 Å². The molecule has 0 saturated carbocycles. The Morgan fingerprint density at radius 2 is 2.04 bits per heavy atom. The van der Waals surface area contributed by atoms with Crippen LogP contribution >= 0.6 is 35.3 Å². The second-order valence-corrected chi connectivity index (χ2v) is 6.65. The molecule has 1 aromatic heterocycles. The fraction of sp³-hybridized carbons (Fsp3) is 0.294. The number of halogens is 2. The molecule has 8 heteroatoms. The van der Waals surface area contributed by atoms with Crippen molar-refractivity contribution in [2.45, 2.75) is 19.4 Å². The van der Waals surface area contributed by atoms with E-state index in [9.17, 15) is 9.59 Å². The number of hydrogen-bond donors (Lipinski definition) is 3. The van der Waals surface area contributed by atoms with Gasteiger partial charge in [0.2, 0.25) is 5.91 Å². The van der Waals surface area contributed by atoms with Gasteiger partial charge in [0.15, 0.2) is 0 Å². The molecule has 0 unspecified atom stereocenters. The molecule has 136 valence electrons. The zero-order chi connectivity index (χ0) is 17.4. The zero-order valence-electron chi connectivity index (χ0n) is 13.8. The Morgan fingerprint density at radius 3 is 2.72 bits per heavy atom. The van der Waals surface area contributed by atoms with E-state index >= 15 is 0 Å². The highest BCUT2D eigenvalue weighted by atomic mass is 35.5. The van der Waals surface area contributed by atoms with Crippen molar-refractivity contribution >= 4 is 52.8 Å². The summed E-state index contributed by atoms with van der Waals surface area (Å²) in [7, 11) is 1.85. The van der Waals surface area contributed by atoms with Crippen molar-refractivity contribution in [3.63, 3.8) is 0 Å². The first kappa shape index (κ1) is 21.4. The highest BCUT2D eigenvalue weighted by Gasteiger charge is 2.12. The van der Waals surface area contributed by atoms with Crippen LogP contribution in [-0.4, -0.2) is 25.4 Å². The molecule has 0 radical (unpaired) electrons. The predicted molar refractivity (Wildman–Crippen MR) is 106 cm³/mol. The maximum absolute atomic E-state index is 12.3. The molecule has 0 aliphatic carbocycles. The predicted octanol–water partition coefficient (Wildman–Crippen LogP) is 3.69. The number of nitrogens with one attached hydrogen (secondary N) is 3. The number of anilines is 1. The number of carbonyl (C=O) groups is 2. The maximum atomic E-state index is 12.3. The fourth-order valence-electron chi connectivity index (χ4n) is 2.10. The maximum Gasteiger partial charge on any atom is 0.253 e. The largest absolute Gasteiger partial charge is 0.347 e. The highest BCUT2D eigenvalue weighted by Crippen LogP contribution is 2.21. The van der Waals surface area contributed by atoms with E-state index in [0.717, 1.165) is 17.8 Å². The van der Waals surface area contributed by atoms with Crippen LogP contribution in [0.5, 0.6) is 0 Å². The Morgan fingerprint density at radius 1 is 1.24 bits per heavy atom. The van der Waals surface area contributed by atoms with Crippen LogP contribution in [0.25, 0.3) is 0 Å². The summed E-state index contributed by atoms with van der Waals surface area (Å²) in [6.07, 6.45) is 1.17. The summed E-state index contributed by atoms with van der Waals surface area (Å²) in [4.78, 5) is 25.2. The van der Waals surface area contributed by atoms with Gasteiger partial charge in [-0.2, -0.15) is 0 Å². The summed E-state index contributed by atoms with van der Waals surface area (Å²) in [5.41, 5.74) is 0.913. The van der Waals surface area contributed by atoms with Gasteiger partial charge in [-0.05, 0) is 49.7 Å². The minimum atomic E-state index is -0.264. The lowest BCUT2D eigenvalue weighted by molar-refractivity contribution is -0.116. The number of amides is 2. The smallest absolute Gasteiger partial charge is 0.253 e. The first-order valence-electron chi connectivity index (χ1n) is 7.64. The van der Waals surface area contributed by atoms with Crippen molar-refractivity contribution in [3.8, 4) is 0 Å². The summed E-state index contributed by atoms with van der Waals surface area (Å²) in [6.45, 7) is 1.23. The number of rotatable bonds is 8. The van der Waals surface area contributed by atoms with Crippen LogP contribution in [-0.2, 0) is 11.3 Å². The Bertz CT molecular complexity index is 693. The third kappa shape index (κ3) is 7.04. The SMILES string of the molecule is CNCCCC(=O)Nc1ccc(Cl)c(C(=O)NCc2cccs2)c1.Cl. The van der Waals surface area contributed by atoms with E-state index in [0.29, 0.717) is 29.2 Å². The third-order valence-electron chi connectivity index (χ3n) is 3.33. The molecule has 25 heavy (non-hydrogen) atoms. The van der Waals surface area contributed by atoms with Crippen molar-refractivity contribution in [2.24, 2.45) is 0 Å². The lowest BCUT2D eigenvalue weighted by Crippen LogP contribution is -2.23. The van der Waals surface area contributed by atoms with Gasteiger partial charge in [-0.25, -0.2) is 0 Å². The summed E-state index contributed by atoms with van der Waals surface area (Å²) in [5, 5.41) is 10.9. The average Bonchev–Trinajstić information content (AvgIpc) is 3.08. The third-order valence-corrected chi connectivity index (χ3v) is 4.53. The molecule has 0 bridgehead atoms. The molecule has 1 heterocycles. The van der Waals surface area contributed by atoms with Gasteiger partial charge in [0.05, 0.1) is 17.1 Å². The van der Waals surface area contributed by atoms with Crippen LogP contribution in [0.2, 0.25) is 5.02 Å². The van der Waals surface area contributed by atoms with Gasteiger partial charge < -0.3 is 16.0 Å². The molecule has 0 atom stereocenters. The molecule has 2 rings (SSSR count). The van der Waals surface area contributed by atoms with Gasteiger partial charge in [0.1, 0.15) is 0 Å².